The van der Waals surface area contributed by atoms with Crippen LogP contribution in [0.1, 0.15) is 39.5 Å². The number of fused-ring (bicyclic) bond motifs is 2. The van der Waals surface area contributed by atoms with Gasteiger partial charge in [0, 0.05) is 34.6 Å². The Morgan fingerprint density at radius 3 is 2.68 bits per heavy atom. The van der Waals surface area contributed by atoms with Crippen LogP contribution in [0.3, 0.4) is 0 Å². The Morgan fingerprint density at radius 1 is 1.09 bits per heavy atom. The molecule has 22 heavy (non-hydrogen) atoms. The molecule has 4 rings (SSSR count). The van der Waals surface area contributed by atoms with Crippen molar-refractivity contribution in [1.82, 2.24) is 4.90 Å². The minimum Gasteiger partial charge on any atom is -0.365 e. The van der Waals surface area contributed by atoms with Crippen molar-refractivity contribution in [2.45, 2.75) is 57.2 Å². The average molecular weight is 314 g/mol. The maximum atomic E-state index is 2.71. The summed E-state index contributed by atoms with van der Waals surface area (Å²) in [5.41, 5.74) is 1.66. The first kappa shape index (κ1) is 14.5. The molecule has 1 saturated carbocycles. The van der Waals surface area contributed by atoms with E-state index in [-0.39, 0.29) is 5.54 Å². The minimum absolute atomic E-state index is 0.238. The molecule has 2 heterocycles. The summed E-state index contributed by atoms with van der Waals surface area (Å²) in [5.74, 6) is 0. The van der Waals surface area contributed by atoms with E-state index in [0.717, 1.165) is 6.54 Å². The molecule has 2 nitrogen and oxygen atoms in total. The molecule has 118 valence electrons. The Balaban J connectivity index is 1.74. The first-order valence-corrected chi connectivity index (χ1v) is 9.41. The molecule has 0 N–H and O–H groups in total. The van der Waals surface area contributed by atoms with Crippen LogP contribution in [0.5, 0.6) is 0 Å². The molecule has 1 aliphatic carbocycles. The van der Waals surface area contributed by atoms with Gasteiger partial charge in [-0.05, 0) is 68.8 Å². The lowest BCUT2D eigenvalue weighted by Crippen LogP contribution is -2.67. The smallest absolute Gasteiger partial charge is 0.0446 e. The number of hydrogen-bond acceptors (Lipinski definition) is 3. The normalized spacial score (nSPS) is 28.8. The van der Waals surface area contributed by atoms with Gasteiger partial charge >= 0.3 is 0 Å². The summed E-state index contributed by atoms with van der Waals surface area (Å²) in [4.78, 5) is 5.36. The molecule has 0 unspecified atom stereocenters. The molecule has 1 aliphatic heterocycles. The van der Waals surface area contributed by atoms with E-state index in [2.05, 4.69) is 60.3 Å². The highest BCUT2D eigenvalue weighted by Gasteiger charge is 2.44. The summed E-state index contributed by atoms with van der Waals surface area (Å²) in [6.45, 7) is 5.92. The van der Waals surface area contributed by atoms with E-state index in [9.17, 15) is 0 Å². The van der Waals surface area contributed by atoms with Crippen LogP contribution in [0.25, 0.3) is 10.1 Å². The van der Waals surface area contributed by atoms with Gasteiger partial charge in [0.25, 0.3) is 0 Å². The fraction of sp³-hybridized carbons (Fsp3) is 0.579. The Kier molecular flexibility index (Phi) is 3.46. The molecule has 0 amide bonds. The molecule has 0 bridgehead atoms. The summed E-state index contributed by atoms with van der Waals surface area (Å²) < 4.78 is 1.40. The number of hydrogen-bond donors (Lipinski definition) is 0. The topological polar surface area (TPSA) is 6.48 Å². The van der Waals surface area contributed by atoms with Gasteiger partial charge in [-0.1, -0.05) is 12.8 Å². The van der Waals surface area contributed by atoms with E-state index >= 15 is 0 Å². The van der Waals surface area contributed by atoms with Gasteiger partial charge < -0.3 is 4.90 Å². The van der Waals surface area contributed by atoms with Crippen LogP contribution in [-0.4, -0.2) is 36.1 Å². The van der Waals surface area contributed by atoms with E-state index in [1.807, 2.05) is 11.3 Å². The fourth-order valence-electron chi connectivity index (χ4n) is 4.42. The zero-order valence-electron chi connectivity index (χ0n) is 13.9. The highest BCUT2D eigenvalue weighted by molar-refractivity contribution is 7.17. The summed E-state index contributed by atoms with van der Waals surface area (Å²) in [6, 6.07) is 10.7. The third-order valence-electron chi connectivity index (χ3n) is 5.87. The maximum Gasteiger partial charge on any atom is 0.0446 e. The molecule has 0 spiro atoms. The van der Waals surface area contributed by atoms with Crippen molar-refractivity contribution >= 4 is 27.1 Å². The molecule has 3 heteroatoms. The van der Waals surface area contributed by atoms with Crippen LogP contribution in [0.4, 0.5) is 5.69 Å². The first-order valence-electron chi connectivity index (χ1n) is 8.53. The molecule has 2 aromatic rings. The largest absolute Gasteiger partial charge is 0.365 e. The van der Waals surface area contributed by atoms with Gasteiger partial charge in [0.15, 0.2) is 0 Å². The Hall–Kier alpha value is -1.06. The molecular formula is C19H26N2S. The lowest BCUT2D eigenvalue weighted by molar-refractivity contribution is 0.0337. The van der Waals surface area contributed by atoms with Crippen LogP contribution >= 0.6 is 11.3 Å². The lowest BCUT2D eigenvalue weighted by Gasteiger charge is -2.57. The number of piperazine rings is 1. The molecule has 1 saturated heterocycles. The number of likely N-dealkylation sites (N-methyl/N-ethyl adjacent to an activating group) is 1. The van der Waals surface area contributed by atoms with Crippen molar-refractivity contribution in [2.24, 2.45) is 0 Å². The molecule has 2 aliphatic rings. The standard InChI is InChI=1S/C19H26N2S/c1-19(2)13-21(17-7-5-4-6-16(17)20(19)3)15-8-9-18-14(12-15)10-11-22-18/h8-12,16-17H,4-7,13H2,1-3H3/t16-,17+/m1/s1. The van der Waals surface area contributed by atoms with Crippen molar-refractivity contribution in [3.05, 3.63) is 29.6 Å². The van der Waals surface area contributed by atoms with E-state index in [0.29, 0.717) is 12.1 Å². The Labute approximate surface area is 137 Å². The van der Waals surface area contributed by atoms with Crippen LogP contribution in [0.15, 0.2) is 29.6 Å². The van der Waals surface area contributed by atoms with Crippen LogP contribution in [0, 0.1) is 0 Å². The Bertz CT molecular complexity index is 675. The average Bonchev–Trinajstić information content (AvgIpc) is 2.98. The number of nitrogens with zero attached hydrogens (tertiary/aromatic N) is 2. The van der Waals surface area contributed by atoms with Crippen LogP contribution < -0.4 is 4.90 Å². The lowest BCUT2D eigenvalue weighted by atomic mass is 9.81. The number of anilines is 1. The molecule has 0 radical (unpaired) electrons. The summed E-state index contributed by atoms with van der Waals surface area (Å²) in [7, 11) is 2.34. The number of thiophene rings is 1. The zero-order chi connectivity index (χ0) is 15.3. The van der Waals surface area contributed by atoms with Gasteiger partial charge in [-0.25, -0.2) is 0 Å². The van der Waals surface area contributed by atoms with E-state index in [1.165, 1.54) is 41.5 Å². The van der Waals surface area contributed by atoms with E-state index in [1.54, 1.807) is 0 Å². The second kappa shape index (κ2) is 5.24. The fourth-order valence-corrected chi connectivity index (χ4v) is 5.19. The summed E-state index contributed by atoms with van der Waals surface area (Å²) in [5, 5.41) is 3.60. The third-order valence-corrected chi connectivity index (χ3v) is 6.77. The number of benzene rings is 1. The minimum atomic E-state index is 0.238. The predicted octanol–water partition coefficient (Wildman–Crippen LogP) is 4.74. The second-order valence-corrected chi connectivity index (χ2v) is 8.56. The van der Waals surface area contributed by atoms with Gasteiger partial charge in [0.05, 0.1) is 0 Å². The zero-order valence-corrected chi connectivity index (χ0v) is 14.7. The van der Waals surface area contributed by atoms with Crippen LogP contribution in [-0.2, 0) is 0 Å². The quantitative estimate of drug-likeness (QED) is 0.750. The number of rotatable bonds is 1. The molecule has 1 aromatic heterocycles. The third kappa shape index (κ3) is 2.26. The first-order chi connectivity index (χ1) is 10.6. The predicted molar refractivity (Wildman–Crippen MR) is 97.1 cm³/mol. The van der Waals surface area contributed by atoms with E-state index < -0.39 is 0 Å². The van der Waals surface area contributed by atoms with Gasteiger partial charge in [-0.2, -0.15) is 0 Å². The van der Waals surface area contributed by atoms with Crippen LogP contribution in [0.2, 0.25) is 0 Å². The van der Waals surface area contributed by atoms with Gasteiger partial charge in [0.1, 0.15) is 0 Å². The SMILES string of the molecule is CN1[C@@H]2CCCC[C@@H]2N(c2ccc3sccc3c2)CC1(C)C. The highest BCUT2D eigenvalue weighted by Crippen LogP contribution is 2.39. The van der Waals surface area contributed by atoms with E-state index in [4.69, 9.17) is 0 Å². The molecule has 1 aromatic carbocycles. The van der Waals surface area contributed by atoms with Crippen molar-refractivity contribution < 1.29 is 0 Å². The van der Waals surface area contributed by atoms with Crippen molar-refractivity contribution in [3.63, 3.8) is 0 Å². The molecule has 2 atom stereocenters. The van der Waals surface area contributed by atoms with Gasteiger partial charge in [0.2, 0.25) is 0 Å². The monoisotopic (exact) mass is 314 g/mol. The van der Waals surface area contributed by atoms with Crippen molar-refractivity contribution in [2.75, 3.05) is 18.5 Å². The molecular weight excluding hydrogens is 288 g/mol. The second-order valence-electron chi connectivity index (χ2n) is 7.61. The summed E-state index contributed by atoms with van der Waals surface area (Å²) in [6.07, 6.45) is 5.46. The van der Waals surface area contributed by atoms with Gasteiger partial charge in [-0.3, -0.25) is 4.90 Å². The highest BCUT2D eigenvalue weighted by atomic mass is 32.1. The Morgan fingerprint density at radius 2 is 1.86 bits per heavy atom. The summed E-state index contributed by atoms with van der Waals surface area (Å²) >= 11 is 1.84. The van der Waals surface area contributed by atoms with Gasteiger partial charge in [-0.15, -0.1) is 11.3 Å². The van der Waals surface area contributed by atoms with Crippen molar-refractivity contribution in [1.29, 1.82) is 0 Å². The van der Waals surface area contributed by atoms with Crippen molar-refractivity contribution in [3.8, 4) is 0 Å². The maximum absolute atomic E-state index is 2.71. The molecule has 2 fully saturated rings.